The fourth-order valence-corrected chi connectivity index (χ4v) is 2.97. The number of hydrogen-bond donors (Lipinski definition) is 1. The highest BCUT2D eigenvalue weighted by atomic mass is 19.4. The molecular formula is C14H16F3N9O2. The monoisotopic (exact) mass is 399 g/mol. The van der Waals surface area contributed by atoms with Gasteiger partial charge >= 0.3 is 6.18 Å². The number of aromatic nitrogens is 9. The lowest BCUT2D eigenvalue weighted by Crippen LogP contribution is -2.23. The molecule has 4 heterocycles. The maximum Gasteiger partial charge on any atom is 0.453 e. The molecule has 1 unspecified atom stereocenters. The Balaban J connectivity index is 0.000000706. The van der Waals surface area contributed by atoms with Gasteiger partial charge in [0.15, 0.2) is 0 Å². The van der Waals surface area contributed by atoms with Crippen molar-refractivity contribution in [3.05, 3.63) is 29.6 Å². The van der Waals surface area contributed by atoms with Crippen LogP contribution in [0.3, 0.4) is 0 Å². The predicted octanol–water partition coefficient (Wildman–Crippen LogP) is 0.745. The number of aryl methyl sites for hydroxylation is 3. The van der Waals surface area contributed by atoms with Crippen molar-refractivity contribution in [3.8, 4) is 5.95 Å². The largest absolute Gasteiger partial charge is 0.483 e. The van der Waals surface area contributed by atoms with Gasteiger partial charge in [0.1, 0.15) is 23.8 Å². The fraction of sp³-hybridized carbons (Fsp3) is 0.500. The number of alkyl halides is 3. The first-order valence-corrected chi connectivity index (χ1v) is 8.11. The topological polar surface area (TPSA) is 129 Å². The van der Waals surface area contributed by atoms with E-state index in [-0.39, 0.29) is 18.3 Å². The highest BCUT2D eigenvalue weighted by Gasteiger charge is 2.38. The van der Waals surface area contributed by atoms with Crippen LogP contribution in [-0.4, -0.2) is 55.9 Å². The van der Waals surface area contributed by atoms with Gasteiger partial charge in [-0.1, -0.05) is 0 Å². The molecule has 0 amide bonds. The zero-order chi connectivity index (χ0) is 20.5. The van der Waals surface area contributed by atoms with Crippen LogP contribution in [0.15, 0.2) is 6.33 Å². The van der Waals surface area contributed by atoms with Gasteiger partial charge in [0.2, 0.25) is 0 Å². The van der Waals surface area contributed by atoms with Gasteiger partial charge in [0, 0.05) is 19.4 Å². The highest BCUT2D eigenvalue weighted by Crippen LogP contribution is 2.30. The Morgan fingerprint density at radius 1 is 1.29 bits per heavy atom. The summed E-state index contributed by atoms with van der Waals surface area (Å²) in [6.07, 6.45) is -1.66. The maximum atomic E-state index is 12.9. The van der Waals surface area contributed by atoms with Gasteiger partial charge in [0.25, 0.3) is 18.2 Å². The lowest BCUT2D eigenvalue weighted by atomic mass is 9.99. The molecule has 150 valence electrons. The summed E-state index contributed by atoms with van der Waals surface area (Å²) < 4.78 is 42.8. The van der Waals surface area contributed by atoms with Crippen molar-refractivity contribution in [2.24, 2.45) is 7.05 Å². The van der Waals surface area contributed by atoms with E-state index < -0.39 is 12.0 Å². The molecule has 11 nitrogen and oxygen atoms in total. The molecule has 28 heavy (non-hydrogen) atoms. The second-order valence-electron chi connectivity index (χ2n) is 5.99. The molecule has 1 N–H and O–H groups in total. The summed E-state index contributed by atoms with van der Waals surface area (Å²) in [6, 6.07) is 0. The molecule has 3 aromatic heterocycles. The van der Waals surface area contributed by atoms with Crippen molar-refractivity contribution >= 4 is 6.47 Å². The molecule has 0 radical (unpaired) electrons. The van der Waals surface area contributed by atoms with Crippen molar-refractivity contribution < 1.29 is 23.1 Å². The normalized spacial score (nSPS) is 16.2. The number of carbonyl (C=O) groups is 1. The average molecular weight is 399 g/mol. The Labute approximate surface area is 155 Å². The molecule has 0 fully saturated rings. The van der Waals surface area contributed by atoms with Crippen LogP contribution in [0.5, 0.6) is 0 Å². The van der Waals surface area contributed by atoms with E-state index in [1.54, 1.807) is 11.6 Å². The molecular weight excluding hydrogens is 383 g/mol. The minimum absolute atomic E-state index is 0.0210. The Bertz CT molecular complexity index is 975. The predicted molar refractivity (Wildman–Crippen MR) is 85.4 cm³/mol. The number of fused-ring (bicyclic) bond motifs is 1. The third kappa shape index (κ3) is 3.70. The van der Waals surface area contributed by atoms with E-state index in [2.05, 4.69) is 30.2 Å². The molecule has 0 saturated heterocycles. The van der Waals surface area contributed by atoms with Crippen LogP contribution >= 0.6 is 0 Å². The first-order chi connectivity index (χ1) is 13.2. The summed E-state index contributed by atoms with van der Waals surface area (Å²) in [4.78, 5) is 20.5. The van der Waals surface area contributed by atoms with Gasteiger partial charge in [-0.05, 0) is 13.3 Å². The van der Waals surface area contributed by atoms with Gasteiger partial charge < -0.3 is 5.11 Å². The Morgan fingerprint density at radius 3 is 2.64 bits per heavy atom. The molecule has 4 rings (SSSR count). The number of rotatable bonds is 2. The Morgan fingerprint density at radius 2 is 2.00 bits per heavy atom. The minimum atomic E-state index is -4.62. The molecule has 0 bridgehead atoms. The summed E-state index contributed by atoms with van der Waals surface area (Å²) in [6.45, 7) is 1.97. The van der Waals surface area contributed by atoms with E-state index in [1.165, 1.54) is 18.1 Å². The first-order valence-electron chi connectivity index (χ1n) is 8.11. The summed E-state index contributed by atoms with van der Waals surface area (Å²) in [5.74, 6) is 0.607. The highest BCUT2D eigenvalue weighted by molar-refractivity contribution is 5.32. The van der Waals surface area contributed by atoms with Crippen LogP contribution in [0, 0.1) is 6.92 Å². The first kappa shape index (κ1) is 19.4. The Hall–Kier alpha value is -3.32. The zero-order valence-electron chi connectivity index (χ0n) is 14.9. The average Bonchev–Trinajstić information content (AvgIpc) is 3.31. The van der Waals surface area contributed by atoms with E-state index in [9.17, 15) is 13.2 Å². The van der Waals surface area contributed by atoms with E-state index in [1.807, 2.05) is 0 Å². The third-order valence-corrected chi connectivity index (χ3v) is 4.09. The molecule has 1 aliphatic rings. The van der Waals surface area contributed by atoms with Crippen LogP contribution in [-0.2, 0) is 31.0 Å². The van der Waals surface area contributed by atoms with E-state index >= 15 is 0 Å². The summed E-state index contributed by atoms with van der Waals surface area (Å²) in [7, 11) is 1.40. The number of halogens is 3. The summed E-state index contributed by atoms with van der Waals surface area (Å²) >= 11 is 0. The molecule has 3 aromatic rings. The number of carboxylic acid groups (broad SMARTS) is 1. The smallest absolute Gasteiger partial charge is 0.453 e. The number of hydrogen-bond acceptors (Lipinski definition) is 7. The molecule has 14 heteroatoms. The molecule has 0 saturated carbocycles. The second kappa shape index (κ2) is 7.36. The van der Waals surface area contributed by atoms with Crippen molar-refractivity contribution in [2.75, 3.05) is 0 Å². The van der Waals surface area contributed by atoms with Gasteiger partial charge in [-0.2, -0.15) is 27.9 Å². The molecule has 0 aliphatic carbocycles. The quantitative estimate of drug-likeness (QED) is 0.625. The number of nitrogens with zero attached hydrogens (tertiary/aromatic N) is 9. The van der Waals surface area contributed by atoms with E-state index in [0.717, 1.165) is 16.9 Å². The molecule has 0 spiro atoms. The van der Waals surface area contributed by atoms with Crippen LogP contribution in [0.2, 0.25) is 0 Å². The standard InChI is InChI=1S/C13H14F3N9.CH2O2/c1-7-19-10(8-3-4-9-17-6-18-24(9)5-8)25(21-7)12-20-11(13(14,15)16)22-23(12)2;2-1-3/h6,8H,3-5H2,1-2H3;1H,(H,2,3). The van der Waals surface area contributed by atoms with Gasteiger partial charge in [0.05, 0.1) is 6.54 Å². The van der Waals surface area contributed by atoms with Crippen molar-refractivity contribution in [1.29, 1.82) is 0 Å². The molecule has 0 aromatic carbocycles. The van der Waals surface area contributed by atoms with Crippen molar-refractivity contribution in [1.82, 2.24) is 44.3 Å². The Kier molecular flexibility index (Phi) is 5.11. The third-order valence-electron chi connectivity index (χ3n) is 4.09. The van der Waals surface area contributed by atoms with E-state index in [4.69, 9.17) is 9.90 Å². The van der Waals surface area contributed by atoms with E-state index in [0.29, 0.717) is 24.6 Å². The van der Waals surface area contributed by atoms with Crippen LogP contribution in [0.4, 0.5) is 13.2 Å². The van der Waals surface area contributed by atoms with Crippen molar-refractivity contribution in [2.45, 2.75) is 38.4 Å². The van der Waals surface area contributed by atoms with Crippen LogP contribution in [0.25, 0.3) is 5.95 Å². The summed E-state index contributed by atoms with van der Waals surface area (Å²) in [5, 5.41) is 18.7. The van der Waals surface area contributed by atoms with Gasteiger partial charge in [-0.25, -0.2) is 19.3 Å². The molecule has 1 atom stereocenters. The van der Waals surface area contributed by atoms with Gasteiger partial charge in [-0.3, -0.25) is 4.79 Å². The second-order valence-corrected chi connectivity index (χ2v) is 5.99. The lowest BCUT2D eigenvalue weighted by Gasteiger charge is -2.21. The lowest BCUT2D eigenvalue weighted by molar-refractivity contribution is -0.145. The molecule has 1 aliphatic heterocycles. The van der Waals surface area contributed by atoms with Crippen molar-refractivity contribution in [3.63, 3.8) is 0 Å². The SMILES string of the molecule is Cc1nc(C2CCc3ncnn3C2)n(-c2nc(C(F)(F)F)nn2C)n1.O=CO. The maximum absolute atomic E-state index is 12.9. The van der Waals surface area contributed by atoms with Crippen LogP contribution in [0.1, 0.15) is 35.6 Å². The summed E-state index contributed by atoms with van der Waals surface area (Å²) in [5.41, 5.74) is 0. The van der Waals surface area contributed by atoms with Crippen LogP contribution < -0.4 is 0 Å². The minimum Gasteiger partial charge on any atom is -0.483 e. The zero-order valence-corrected chi connectivity index (χ0v) is 14.9. The van der Waals surface area contributed by atoms with Gasteiger partial charge in [-0.15, -0.1) is 10.2 Å². The fourth-order valence-electron chi connectivity index (χ4n) is 2.97.